The second-order valence-corrected chi connectivity index (χ2v) is 6.30. The molecule has 1 aliphatic rings. The minimum absolute atomic E-state index is 0.111. The number of rotatable bonds is 8. The van der Waals surface area contributed by atoms with Crippen molar-refractivity contribution >= 4 is 10.1 Å². The van der Waals surface area contributed by atoms with Crippen LogP contribution in [0.1, 0.15) is 32.6 Å². The third kappa shape index (κ3) is 6.98. The van der Waals surface area contributed by atoms with Crippen LogP contribution in [-0.4, -0.2) is 61.4 Å². The maximum atomic E-state index is 10.5. The Hall–Kier alpha value is -0.170. The lowest BCUT2D eigenvalue weighted by atomic mass is 10.3. The molecule has 0 aromatic carbocycles. The van der Waals surface area contributed by atoms with Gasteiger partial charge < -0.3 is 0 Å². The van der Waals surface area contributed by atoms with Crippen molar-refractivity contribution in [1.82, 2.24) is 9.80 Å². The molecule has 0 aliphatic carbocycles. The molecule has 1 aliphatic heterocycles. The molecule has 0 bridgehead atoms. The summed E-state index contributed by atoms with van der Waals surface area (Å²) in [4.78, 5) is 4.78. The first-order valence-electron chi connectivity index (χ1n) is 6.41. The Bertz CT molecular complexity index is 306. The van der Waals surface area contributed by atoms with Crippen molar-refractivity contribution in [3.8, 4) is 0 Å². The van der Waals surface area contributed by atoms with Gasteiger partial charge in [-0.2, -0.15) is 8.42 Å². The molecule has 0 spiro atoms. The van der Waals surface area contributed by atoms with Gasteiger partial charge in [-0.15, -0.1) is 0 Å². The standard InChI is InChI=1S/C11H24N2O3S/c1-2-3-6-12-8-9-13(11-12)7-4-5-10-17(14,15)16/h2-11H2,1H3,(H,14,15,16). The van der Waals surface area contributed by atoms with Crippen LogP contribution < -0.4 is 0 Å². The summed E-state index contributed by atoms with van der Waals surface area (Å²) in [6, 6.07) is 0. The smallest absolute Gasteiger partial charge is 0.264 e. The number of hydrogen-bond acceptors (Lipinski definition) is 4. The third-order valence-electron chi connectivity index (χ3n) is 3.09. The Morgan fingerprint density at radius 3 is 2.18 bits per heavy atom. The van der Waals surface area contributed by atoms with Crippen LogP contribution in [0.25, 0.3) is 0 Å². The third-order valence-corrected chi connectivity index (χ3v) is 3.89. The van der Waals surface area contributed by atoms with E-state index >= 15 is 0 Å². The molecular formula is C11H24N2O3S. The highest BCUT2D eigenvalue weighted by molar-refractivity contribution is 7.85. The quantitative estimate of drug-likeness (QED) is 0.524. The molecule has 0 aromatic rings. The Morgan fingerprint density at radius 1 is 1.06 bits per heavy atom. The minimum Gasteiger partial charge on any atom is -0.289 e. The van der Waals surface area contributed by atoms with E-state index < -0.39 is 10.1 Å². The van der Waals surface area contributed by atoms with Crippen LogP contribution in [-0.2, 0) is 10.1 Å². The van der Waals surface area contributed by atoms with Gasteiger partial charge in [0.15, 0.2) is 0 Å². The highest BCUT2D eigenvalue weighted by atomic mass is 32.2. The van der Waals surface area contributed by atoms with Crippen LogP contribution in [0.5, 0.6) is 0 Å². The lowest BCUT2D eigenvalue weighted by molar-refractivity contribution is 0.241. The van der Waals surface area contributed by atoms with E-state index in [1.807, 2.05) is 0 Å². The van der Waals surface area contributed by atoms with Crippen molar-refractivity contribution < 1.29 is 13.0 Å². The SMILES string of the molecule is CCCCN1CCN(CCCCS(=O)(=O)O)C1. The lowest BCUT2D eigenvalue weighted by Gasteiger charge is -2.17. The average Bonchev–Trinajstić information content (AvgIpc) is 2.68. The molecule has 17 heavy (non-hydrogen) atoms. The molecule has 6 heteroatoms. The Balaban J connectivity index is 2.06. The molecule has 1 N–H and O–H groups in total. The summed E-state index contributed by atoms with van der Waals surface area (Å²) in [7, 11) is -3.77. The zero-order valence-electron chi connectivity index (χ0n) is 10.6. The van der Waals surface area contributed by atoms with Crippen molar-refractivity contribution in [2.45, 2.75) is 32.6 Å². The van der Waals surface area contributed by atoms with Crippen LogP contribution in [0, 0.1) is 0 Å². The maximum absolute atomic E-state index is 10.5. The van der Waals surface area contributed by atoms with E-state index in [-0.39, 0.29) is 5.75 Å². The van der Waals surface area contributed by atoms with Gasteiger partial charge in [0.2, 0.25) is 0 Å². The summed E-state index contributed by atoms with van der Waals surface area (Å²) in [5, 5.41) is 0. The van der Waals surface area contributed by atoms with E-state index in [1.54, 1.807) is 0 Å². The minimum atomic E-state index is -3.77. The summed E-state index contributed by atoms with van der Waals surface area (Å²) in [6.45, 7) is 7.50. The molecule has 0 unspecified atom stereocenters. The summed E-state index contributed by atoms with van der Waals surface area (Å²) >= 11 is 0. The number of hydrogen-bond donors (Lipinski definition) is 1. The van der Waals surface area contributed by atoms with Crippen molar-refractivity contribution in [3.05, 3.63) is 0 Å². The Kier molecular flexibility index (Phi) is 6.40. The van der Waals surface area contributed by atoms with E-state index in [4.69, 9.17) is 4.55 Å². The molecule has 5 nitrogen and oxygen atoms in total. The van der Waals surface area contributed by atoms with Gasteiger partial charge in [-0.1, -0.05) is 13.3 Å². The van der Waals surface area contributed by atoms with Gasteiger partial charge in [0, 0.05) is 13.1 Å². The van der Waals surface area contributed by atoms with Crippen LogP contribution >= 0.6 is 0 Å². The molecular weight excluding hydrogens is 240 g/mol. The molecule has 1 rings (SSSR count). The fourth-order valence-corrected chi connectivity index (χ4v) is 2.64. The van der Waals surface area contributed by atoms with Crippen molar-refractivity contribution in [2.24, 2.45) is 0 Å². The highest BCUT2D eigenvalue weighted by Crippen LogP contribution is 2.07. The summed E-state index contributed by atoms with van der Waals surface area (Å²) in [5.41, 5.74) is 0. The van der Waals surface area contributed by atoms with Gasteiger partial charge >= 0.3 is 0 Å². The average molecular weight is 264 g/mol. The van der Waals surface area contributed by atoms with Gasteiger partial charge in [-0.25, -0.2) is 0 Å². The Labute approximate surface area is 105 Å². The predicted molar refractivity (Wildman–Crippen MR) is 68.6 cm³/mol. The van der Waals surface area contributed by atoms with Crippen molar-refractivity contribution in [2.75, 3.05) is 38.6 Å². The Morgan fingerprint density at radius 2 is 1.65 bits per heavy atom. The van der Waals surface area contributed by atoms with E-state index in [2.05, 4.69) is 16.7 Å². The van der Waals surface area contributed by atoms with Gasteiger partial charge in [-0.3, -0.25) is 14.4 Å². The van der Waals surface area contributed by atoms with Crippen LogP contribution in [0.3, 0.4) is 0 Å². The van der Waals surface area contributed by atoms with Gasteiger partial charge in [0.1, 0.15) is 0 Å². The van der Waals surface area contributed by atoms with Crippen LogP contribution in [0.15, 0.2) is 0 Å². The summed E-state index contributed by atoms with van der Waals surface area (Å²) in [5.74, 6) is -0.111. The molecule has 0 saturated carbocycles. The maximum Gasteiger partial charge on any atom is 0.264 e. The molecule has 0 radical (unpaired) electrons. The second kappa shape index (κ2) is 7.31. The fraction of sp³-hybridized carbons (Fsp3) is 1.00. The van der Waals surface area contributed by atoms with E-state index in [0.717, 1.165) is 39.3 Å². The van der Waals surface area contributed by atoms with Crippen molar-refractivity contribution in [1.29, 1.82) is 0 Å². The predicted octanol–water partition coefficient (Wildman–Crippen LogP) is 1.03. The normalized spacial score (nSPS) is 18.9. The fourth-order valence-electron chi connectivity index (χ4n) is 2.07. The zero-order valence-corrected chi connectivity index (χ0v) is 11.5. The van der Waals surface area contributed by atoms with Crippen molar-refractivity contribution in [3.63, 3.8) is 0 Å². The van der Waals surface area contributed by atoms with Gasteiger partial charge in [-0.05, 0) is 32.4 Å². The molecule has 0 amide bonds. The van der Waals surface area contributed by atoms with Crippen LogP contribution in [0.2, 0.25) is 0 Å². The van der Waals surface area contributed by atoms with E-state index in [0.29, 0.717) is 6.42 Å². The zero-order chi connectivity index (χ0) is 12.7. The summed E-state index contributed by atoms with van der Waals surface area (Å²) in [6.07, 6.45) is 3.85. The molecule has 0 atom stereocenters. The highest BCUT2D eigenvalue weighted by Gasteiger charge is 2.18. The van der Waals surface area contributed by atoms with Gasteiger partial charge in [0.05, 0.1) is 12.4 Å². The van der Waals surface area contributed by atoms with E-state index in [1.165, 1.54) is 12.8 Å². The molecule has 1 saturated heterocycles. The molecule has 102 valence electrons. The molecule has 1 fully saturated rings. The lowest BCUT2D eigenvalue weighted by Crippen LogP contribution is -2.27. The number of nitrogens with zero attached hydrogens (tertiary/aromatic N) is 2. The first-order valence-corrected chi connectivity index (χ1v) is 8.02. The number of unbranched alkanes of at least 4 members (excludes halogenated alkanes) is 2. The largest absolute Gasteiger partial charge is 0.289 e. The first-order chi connectivity index (χ1) is 8.01. The van der Waals surface area contributed by atoms with Crippen LogP contribution in [0.4, 0.5) is 0 Å². The summed E-state index contributed by atoms with van der Waals surface area (Å²) < 4.78 is 29.7. The molecule has 1 heterocycles. The topological polar surface area (TPSA) is 60.9 Å². The van der Waals surface area contributed by atoms with Gasteiger partial charge in [0.25, 0.3) is 10.1 Å². The molecule has 0 aromatic heterocycles. The second-order valence-electron chi connectivity index (χ2n) is 4.72. The first kappa shape index (κ1) is 14.9. The monoisotopic (exact) mass is 264 g/mol. The van der Waals surface area contributed by atoms with E-state index in [9.17, 15) is 8.42 Å².